The maximum absolute atomic E-state index is 13.4. The van der Waals surface area contributed by atoms with Crippen molar-refractivity contribution in [2.45, 2.75) is 19.4 Å². The van der Waals surface area contributed by atoms with Crippen LogP contribution in [0, 0.1) is 11.6 Å². The van der Waals surface area contributed by atoms with Crippen molar-refractivity contribution in [3.05, 3.63) is 29.8 Å². The molecule has 0 saturated heterocycles. The summed E-state index contributed by atoms with van der Waals surface area (Å²) in [5, 5.41) is 2.57. The maximum Gasteiger partial charge on any atom is 0.243 e. The van der Waals surface area contributed by atoms with E-state index in [1.54, 1.807) is 0 Å². The number of methoxy groups -OCH3 is 1. The van der Waals surface area contributed by atoms with Crippen molar-refractivity contribution in [1.82, 2.24) is 5.32 Å². The molecule has 0 spiro atoms. The van der Waals surface area contributed by atoms with Gasteiger partial charge in [-0.15, -0.1) is 0 Å². The standard InChI is InChI=1S/C14H20F2N2O4S/c1-10(14(19)17-7-4-8-22-2)18(23(3,20)21)11-5-6-12(15)13(16)9-11/h5-6,9-10H,4,7-8H2,1-3H3,(H,17,19)/t10-/m1/s1. The minimum Gasteiger partial charge on any atom is -0.385 e. The van der Waals surface area contributed by atoms with Gasteiger partial charge in [0.05, 0.1) is 11.9 Å². The van der Waals surface area contributed by atoms with E-state index in [2.05, 4.69) is 5.32 Å². The molecule has 1 aromatic rings. The van der Waals surface area contributed by atoms with Crippen molar-refractivity contribution in [2.24, 2.45) is 0 Å². The van der Waals surface area contributed by atoms with Crippen LogP contribution >= 0.6 is 0 Å². The van der Waals surface area contributed by atoms with Crippen LogP contribution in [0.15, 0.2) is 18.2 Å². The molecule has 1 atom stereocenters. The molecule has 1 aromatic carbocycles. The van der Waals surface area contributed by atoms with E-state index >= 15 is 0 Å². The van der Waals surface area contributed by atoms with Crippen LogP contribution in [0.5, 0.6) is 0 Å². The molecule has 130 valence electrons. The van der Waals surface area contributed by atoms with Crippen LogP contribution in [0.4, 0.5) is 14.5 Å². The minimum absolute atomic E-state index is 0.119. The highest BCUT2D eigenvalue weighted by atomic mass is 32.2. The average molecular weight is 350 g/mol. The lowest BCUT2D eigenvalue weighted by atomic mass is 10.2. The van der Waals surface area contributed by atoms with E-state index in [0.717, 1.165) is 28.8 Å². The number of nitrogens with one attached hydrogen (secondary N) is 1. The number of carbonyl (C=O) groups excluding carboxylic acids is 1. The normalized spacial score (nSPS) is 12.7. The van der Waals surface area contributed by atoms with Crippen molar-refractivity contribution in [1.29, 1.82) is 0 Å². The molecule has 0 unspecified atom stereocenters. The molecule has 9 heteroatoms. The summed E-state index contributed by atoms with van der Waals surface area (Å²) in [6.07, 6.45) is 1.46. The van der Waals surface area contributed by atoms with Gasteiger partial charge in [-0.05, 0) is 25.5 Å². The molecule has 0 heterocycles. The van der Waals surface area contributed by atoms with E-state index in [4.69, 9.17) is 4.74 Å². The third-order valence-electron chi connectivity index (χ3n) is 3.07. The Morgan fingerprint density at radius 2 is 2.00 bits per heavy atom. The first kappa shape index (κ1) is 19.3. The molecular weight excluding hydrogens is 330 g/mol. The van der Waals surface area contributed by atoms with Gasteiger partial charge in [0.25, 0.3) is 0 Å². The second kappa shape index (κ2) is 8.21. The van der Waals surface area contributed by atoms with Gasteiger partial charge >= 0.3 is 0 Å². The highest BCUT2D eigenvalue weighted by Gasteiger charge is 2.29. The number of anilines is 1. The van der Waals surface area contributed by atoms with E-state index in [9.17, 15) is 22.0 Å². The van der Waals surface area contributed by atoms with Gasteiger partial charge in [-0.3, -0.25) is 9.10 Å². The molecule has 1 rings (SSSR count). The largest absolute Gasteiger partial charge is 0.385 e. The zero-order chi connectivity index (χ0) is 17.6. The molecule has 0 aliphatic rings. The first-order chi connectivity index (χ1) is 10.7. The van der Waals surface area contributed by atoms with Gasteiger partial charge in [0.1, 0.15) is 6.04 Å². The molecule has 0 radical (unpaired) electrons. The summed E-state index contributed by atoms with van der Waals surface area (Å²) in [4.78, 5) is 12.1. The number of hydrogen-bond donors (Lipinski definition) is 1. The van der Waals surface area contributed by atoms with Crippen LogP contribution in [0.1, 0.15) is 13.3 Å². The lowest BCUT2D eigenvalue weighted by Gasteiger charge is -2.28. The lowest BCUT2D eigenvalue weighted by Crippen LogP contribution is -2.48. The van der Waals surface area contributed by atoms with Crippen molar-refractivity contribution in [3.63, 3.8) is 0 Å². The SMILES string of the molecule is COCCCNC(=O)[C@@H](C)N(c1ccc(F)c(F)c1)S(C)(=O)=O. The number of ether oxygens (including phenoxy) is 1. The maximum atomic E-state index is 13.4. The molecule has 6 nitrogen and oxygen atoms in total. The molecule has 0 aliphatic heterocycles. The Hall–Kier alpha value is -1.74. The van der Waals surface area contributed by atoms with Crippen LogP contribution in [-0.4, -0.2) is 46.9 Å². The van der Waals surface area contributed by atoms with Crippen molar-refractivity contribution < 1.29 is 26.7 Å². The fourth-order valence-electron chi connectivity index (χ4n) is 2.01. The molecule has 0 bridgehead atoms. The van der Waals surface area contributed by atoms with Gasteiger partial charge in [0, 0.05) is 26.3 Å². The molecule has 0 fully saturated rings. The zero-order valence-electron chi connectivity index (χ0n) is 13.2. The Morgan fingerprint density at radius 1 is 1.35 bits per heavy atom. The first-order valence-electron chi connectivity index (χ1n) is 6.89. The van der Waals surface area contributed by atoms with Gasteiger partial charge in [0.15, 0.2) is 11.6 Å². The lowest BCUT2D eigenvalue weighted by molar-refractivity contribution is -0.121. The second-order valence-electron chi connectivity index (χ2n) is 4.97. The Kier molecular flexibility index (Phi) is 6.89. The average Bonchev–Trinajstić information content (AvgIpc) is 2.45. The summed E-state index contributed by atoms with van der Waals surface area (Å²) in [6, 6.07) is 1.54. The number of hydrogen-bond acceptors (Lipinski definition) is 4. The minimum atomic E-state index is -3.87. The van der Waals surface area contributed by atoms with E-state index in [0.29, 0.717) is 19.6 Å². The molecule has 0 aromatic heterocycles. The summed E-state index contributed by atoms with van der Waals surface area (Å²) in [7, 11) is -2.34. The van der Waals surface area contributed by atoms with Gasteiger partial charge in [-0.1, -0.05) is 0 Å². The number of amides is 1. The molecule has 1 N–H and O–H groups in total. The second-order valence-corrected chi connectivity index (χ2v) is 6.83. The van der Waals surface area contributed by atoms with Crippen LogP contribution in [-0.2, 0) is 19.6 Å². The molecular formula is C14H20F2N2O4S. The number of rotatable bonds is 8. The van der Waals surface area contributed by atoms with Crippen LogP contribution < -0.4 is 9.62 Å². The number of benzene rings is 1. The highest BCUT2D eigenvalue weighted by molar-refractivity contribution is 7.92. The number of halogens is 2. The van der Waals surface area contributed by atoms with Crippen molar-refractivity contribution in [3.8, 4) is 0 Å². The van der Waals surface area contributed by atoms with E-state index in [1.165, 1.54) is 14.0 Å². The number of nitrogens with zero attached hydrogens (tertiary/aromatic N) is 1. The summed E-state index contributed by atoms with van der Waals surface area (Å²) >= 11 is 0. The third kappa shape index (κ3) is 5.43. The summed E-state index contributed by atoms with van der Waals surface area (Å²) in [6.45, 7) is 2.13. The summed E-state index contributed by atoms with van der Waals surface area (Å²) in [5.74, 6) is -2.83. The Bertz CT molecular complexity index is 652. The molecule has 0 saturated carbocycles. The van der Waals surface area contributed by atoms with E-state index < -0.39 is 33.6 Å². The molecule has 0 aliphatic carbocycles. The van der Waals surface area contributed by atoms with Crippen LogP contribution in [0.2, 0.25) is 0 Å². The molecule has 1 amide bonds. The Balaban J connectivity index is 2.98. The Labute approximate surface area is 134 Å². The number of sulfonamides is 1. The monoisotopic (exact) mass is 350 g/mol. The first-order valence-corrected chi connectivity index (χ1v) is 8.74. The fourth-order valence-corrected chi connectivity index (χ4v) is 3.17. The fraction of sp³-hybridized carbons (Fsp3) is 0.500. The van der Waals surface area contributed by atoms with E-state index in [1.807, 2.05) is 0 Å². The Morgan fingerprint density at radius 3 is 2.52 bits per heavy atom. The zero-order valence-corrected chi connectivity index (χ0v) is 14.0. The smallest absolute Gasteiger partial charge is 0.243 e. The quantitative estimate of drug-likeness (QED) is 0.717. The van der Waals surface area contributed by atoms with Gasteiger partial charge in [-0.2, -0.15) is 0 Å². The summed E-state index contributed by atoms with van der Waals surface area (Å²) < 4.78 is 55.9. The van der Waals surface area contributed by atoms with Crippen LogP contribution in [0.3, 0.4) is 0 Å². The van der Waals surface area contributed by atoms with E-state index in [-0.39, 0.29) is 5.69 Å². The predicted octanol–water partition coefficient (Wildman–Crippen LogP) is 1.27. The van der Waals surface area contributed by atoms with Gasteiger partial charge in [0.2, 0.25) is 15.9 Å². The van der Waals surface area contributed by atoms with Crippen LogP contribution in [0.25, 0.3) is 0 Å². The predicted molar refractivity (Wildman–Crippen MR) is 82.6 cm³/mol. The summed E-state index contributed by atoms with van der Waals surface area (Å²) in [5.41, 5.74) is -0.119. The van der Waals surface area contributed by atoms with Crippen molar-refractivity contribution >= 4 is 21.6 Å². The molecule has 23 heavy (non-hydrogen) atoms. The van der Waals surface area contributed by atoms with Gasteiger partial charge < -0.3 is 10.1 Å². The van der Waals surface area contributed by atoms with Crippen molar-refractivity contribution in [2.75, 3.05) is 30.8 Å². The number of carbonyl (C=O) groups is 1. The highest BCUT2D eigenvalue weighted by Crippen LogP contribution is 2.23. The third-order valence-corrected chi connectivity index (χ3v) is 4.31. The van der Waals surface area contributed by atoms with Gasteiger partial charge in [-0.25, -0.2) is 17.2 Å². The topological polar surface area (TPSA) is 75.7 Å².